The van der Waals surface area contributed by atoms with Gasteiger partial charge in [-0.05, 0) is 62.6 Å². The zero-order valence-corrected chi connectivity index (χ0v) is 14.7. The van der Waals surface area contributed by atoms with E-state index >= 15 is 0 Å². The third-order valence-corrected chi connectivity index (χ3v) is 7.68. The van der Waals surface area contributed by atoms with E-state index in [-0.39, 0.29) is 5.91 Å². The van der Waals surface area contributed by atoms with Gasteiger partial charge in [0, 0.05) is 17.6 Å². The Morgan fingerprint density at radius 2 is 1.95 bits per heavy atom. The summed E-state index contributed by atoms with van der Waals surface area (Å²) in [5.41, 5.74) is 0. The zero-order chi connectivity index (χ0) is 13.4. The molecule has 0 unspecified atom stereocenters. The van der Waals surface area contributed by atoms with Gasteiger partial charge >= 0.3 is 0 Å². The lowest BCUT2D eigenvalue weighted by molar-refractivity contribution is 0.0525. The Hall–Kier alpha value is 0.130. The zero-order valence-electron chi connectivity index (χ0n) is 10.7. The molecule has 19 heavy (non-hydrogen) atoms. The predicted molar refractivity (Wildman–Crippen MR) is 85.7 cm³/mol. The number of hydrogen-bond donors (Lipinski definition) is 0. The fourth-order valence-corrected chi connectivity index (χ4v) is 5.40. The number of carbonyl (C=O) groups excluding carboxylic acids is 1. The van der Waals surface area contributed by atoms with Crippen molar-refractivity contribution in [3.8, 4) is 0 Å². The monoisotopic (exact) mass is 405 g/mol. The van der Waals surface area contributed by atoms with Crippen LogP contribution in [0, 0.1) is 11.8 Å². The van der Waals surface area contributed by atoms with E-state index in [9.17, 15) is 4.79 Å². The number of halogens is 2. The van der Waals surface area contributed by atoms with Gasteiger partial charge in [0.05, 0.1) is 8.66 Å². The van der Waals surface area contributed by atoms with Gasteiger partial charge in [0.1, 0.15) is 0 Å². The summed E-state index contributed by atoms with van der Waals surface area (Å²) in [7, 11) is 0. The molecule has 2 heterocycles. The van der Waals surface area contributed by atoms with E-state index in [0.29, 0.717) is 0 Å². The highest BCUT2D eigenvalue weighted by Gasteiger charge is 2.33. The minimum atomic E-state index is 0.209. The lowest BCUT2D eigenvalue weighted by Gasteiger charge is -2.41. The third-order valence-electron chi connectivity index (χ3n) is 4.43. The minimum Gasteiger partial charge on any atom is -0.338 e. The van der Waals surface area contributed by atoms with E-state index in [2.05, 4.69) is 36.8 Å². The van der Waals surface area contributed by atoms with Crippen molar-refractivity contribution in [3.63, 3.8) is 0 Å². The average Bonchev–Trinajstić information content (AvgIpc) is 2.77. The Balaban J connectivity index is 1.70. The summed E-state index contributed by atoms with van der Waals surface area (Å²) in [5.74, 6) is 1.83. The minimum absolute atomic E-state index is 0.209. The summed E-state index contributed by atoms with van der Waals surface area (Å²) < 4.78 is 1.98. The van der Waals surface area contributed by atoms with Crippen LogP contribution in [-0.2, 0) is 0 Å². The van der Waals surface area contributed by atoms with E-state index in [0.717, 1.165) is 38.1 Å². The number of likely N-dealkylation sites (tertiary alicyclic amines) is 1. The number of thiophene rings is 1. The molecule has 1 aromatic rings. The van der Waals surface area contributed by atoms with E-state index < -0.39 is 0 Å². The second-order valence-electron chi connectivity index (χ2n) is 5.58. The number of amides is 1. The molecular formula is C14H17Br2NOS. The van der Waals surface area contributed by atoms with E-state index in [4.69, 9.17) is 0 Å². The Morgan fingerprint density at radius 1 is 1.21 bits per heavy atom. The van der Waals surface area contributed by atoms with Gasteiger partial charge in [0.25, 0.3) is 5.91 Å². The van der Waals surface area contributed by atoms with Gasteiger partial charge in [0.15, 0.2) is 0 Å². The van der Waals surface area contributed by atoms with Gasteiger partial charge in [-0.2, -0.15) is 0 Å². The molecule has 0 bridgehead atoms. The first kappa shape index (κ1) is 14.1. The number of piperidine rings is 1. The number of nitrogens with zero attached hydrogens (tertiary/aromatic N) is 1. The van der Waals surface area contributed by atoms with Crippen LogP contribution in [0.25, 0.3) is 0 Å². The summed E-state index contributed by atoms with van der Waals surface area (Å²) in [5, 5.41) is 0. The highest BCUT2D eigenvalue weighted by Crippen LogP contribution is 2.38. The normalized spacial score (nSPS) is 27.2. The number of rotatable bonds is 1. The molecular weight excluding hydrogens is 390 g/mol. The van der Waals surface area contributed by atoms with Crippen LogP contribution in [0.3, 0.4) is 0 Å². The predicted octanol–water partition coefficient (Wildman–Crippen LogP) is 4.93. The SMILES string of the molecule is O=C(c1cc(Br)c(Br)s1)N1CC[C@@H]2CCCC[C@@H]2C1. The fourth-order valence-electron chi connectivity index (χ4n) is 3.39. The average molecular weight is 407 g/mol. The number of hydrogen-bond acceptors (Lipinski definition) is 2. The molecule has 2 aliphatic rings. The van der Waals surface area contributed by atoms with Crippen molar-refractivity contribution in [3.05, 3.63) is 19.2 Å². The van der Waals surface area contributed by atoms with Gasteiger partial charge in [-0.15, -0.1) is 11.3 Å². The standard InChI is InChI=1S/C14H17Br2NOS/c15-11-7-12(19-13(11)16)14(18)17-6-5-9-3-1-2-4-10(9)8-17/h7,9-10H,1-6,8H2/t9-,10+/m0/s1. The molecule has 2 fully saturated rings. The van der Waals surface area contributed by atoms with Crippen molar-refractivity contribution < 1.29 is 4.79 Å². The maximum Gasteiger partial charge on any atom is 0.264 e. The molecule has 0 aromatic carbocycles. The third kappa shape index (κ3) is 2.93. The van der Waals surface area contributed by atoms with Crippen molar-refractivity contribution in [1.82, 2.24) is 4.90 Å². The Morgan fingerprint density at radius 3 is 2.63 bits per heavy atom. The van der Waals surface area contributed by atoms with Gasteiger partial charge in [0.2, 0.25) is 0 Å². The fraction of sp³-hybridized carbons (Fsp3) is 0.643. The van der Waals surface area contributed by atoms with Crippen molar-refractivity contribution in [2.45, 2.75) is 32.1 Å². The van der Waals surface area contributed by atoms with Gasteiger partial charge < -0.3 is 4.90 Å². The quantitative estimate of drug-likeness (QED) is 0.647. The molecule has 2 nitrogen and oxygen atoms in total. The first-order valence-electron chi connectivity index (χ1n) is 6.89. The smallest absolute Gasteiger partial charge is 0.264 e. The summed E-state index contributed by atoms with van der Waals surface area (Å²) in [6, 6.07) is 1.93. The molecule has 5 heteroatoms. The summed E-state index contributed by atoms with van der Waals surface area (Å²) in [4.78, 5) is 15.4. The number of carbonyl (C=O) groups is 1. The molecule has 0 spiro atoms. The van der Waals surface area contributed by atoms with Crippen molar-refractivity contribution in [1.29, 1.82) is 0 Å². The highest BCUT2D eigenvalue weighted by molar-refractivity contribution is 9.13. The Bertz CT molecular complexity index is 468. The summed E-state index contributed by atoms with van der Waals surface area (Å²) in [6.07, 6.45) is 6.62. The Kier molecular flexibility index (Phi) is 4.34. The van der Waals surface area contributed by atoms with Gasteiger partial charge in [-0.3, -0.25) is 4.79 Å². The molecule has 1 aromatic heterocycles. The molecule has 104 valence electrons. The van der Waals surface area contributed by atoms with Crippen LogP contribution < -0.4 is 0 Å². The highest BCUT2D eigenvalue weighted by atomic mass is 79.9. The second kappa shape index (κ2) is 5.86. The van der Waals surface area contributed by atoms with Crippen LogP contribution in [0.4, 0.5) is 0 Å². The molecule has 1 aliphatic heterocycles. The first-order chi connectivity index (χ1) is 9.15. The summed E-state index contributed by atoms with van der Waals surface area (Å²) in [6.45, 7) is 1.91. The summed E-state index contributed by atoms with van der Waals surface area (Å²) >= 11 is 8.45. The first-order valence-corrected chi connectivity index (χ1v) is 9.29. The van der Waals surface area contributed by atoms with Crippen LogP contribution in [0.2, 0.25) is 0 Å². The Labute approximate surface area is 134 Å². The van der Waals surface area contributed by atoms with E-state index in [1.807, 2.05) is 6.07 Å². The van der Waals surface area contributed by atoms with Crippen LogP contribution in [-0.4, -0.2) is 23.9 Å². The molecule has 2 atom stereocenters. The van der Waals surface area contributed by atoms with Crippen LogP contribution >= 0.6 is 43.2 Å². The van der Waals surface area contributed by atoms with Crippen molar-refractivity contribution in [2.24, 2.45) is 11.8 Å². The van der Waals surface area contributed by atoms with Gasteiger partial charge in [-0.25, -0.2) is 0 Å². The van der Waals surface area contributed by atoms with Crippen molar-refractivity contribution in [2.75, 3.05) is 13.1 Å². The molecule has 3 rings (SSSR count). The molecule has 1 saturated heterocycles. The van der Waals surface area contributed by atoms with E-state index in [1.54, 1.807) is 0 Å². The second-order valence-corrected chi connectivity index (χ2v) is 8.80. The maximum absolute atomic E-state index is 12.5. The van der Waals surface area contributed by atoms with Crippen LogP contribution in [0.15, 0.2) is 14.3 Å². The largest absolute Gasteiger partial charge is 0.338 e. The number of fused-ring (bicyclic) bond motifs is 1. The maximum atomic E-state index is 12.5. The molecule has 1 amide bonds. The molecule has 1 aliphatic carbocycles. The van der Waals surface area contributed by atoms with Crippen LogP contribution in [0.1, 0.15) is 41.8 Å². The lowest BCUT2D eigenvalue weighted by Crippen LogP contribution is -2.44. The molecule has 0 N–H and O–H groups in total. The van der Waals surface area contributed by atoms with Crippen LogP contribution in [0.5, 0.6) is 0 Å². The molecule has 1 saturated carbocycles. The van der Waals surface area contributed by atoms with Gasteiger partial charge in [-0.1, -0.05) is 19.3 Å². The van der Waals surface area contributed by atoms with E-state index in [1.165, 1.54) is 43.4 Å². The molecule has 0 radical (unpaired) electrons. The van der Waals surface area contributed by atoms with Crippen molar-refractivity contribution >= 4 is 49.1 Å². The topological polar surface area (TPSA) is 20.3 Å². The lowest BCUT2D eigenvalue weighted by atomic mass is 9.75.